The molecule has 0 spiro atoms. The minimum absolute atomic E-state index is 0.880. The smallest absolute Gasteiger partial charge is 0.127 e. The molecule has 100 valence electrons. The SMILES string of the molecule is CCNCc1ccc(Oc2cc(C)cc(C)c2)cc1. The highest BCUT2D eigenvalue weighted by molar-refractivity contribution is 5.37. The maximum absolute atomic E-state index is 5.88. The number of nitrogens with one attached hydrogen (secondary N) is 1. The molecule has 0 aromatic heterocycles. The summed E-state index contributed by atoms with van der Waals surface area (Å²) in [5, 5.41) is 3.31. The molecular formula is C17H21NO. The van der Waals surface area contributed by atoms with E-state index in [0.717, 1.165) is 24.6 Å². The molecule has 0 saturated heterocycles. The van der Waals surface area contributed by atoms with E-state index in [4.69, 9.17) is 4.74 Å². The molecule has 0 heterocycles. The number of hydrogen-bond acceptors (Lipinski definition) is 2. The van der Waals surface area contributed by atoms with Crippen LogP contribution < -0.4 is 10.1 Å². The zero-order valence-corrected chi connectivity index (χ0v) is 11.9. The van der Waals surface area contributed by atoms with Gasteiger partial charge in [0.15, 0.2) is 0 Å². The maximum Gasteiger partial charge on any atom is 0.127 e. The minimum Gasteiger partial charge on any atom is -0.457 e. The first-order chi connectivity index (χ1) is 9.17. The van der Waals surface area contributed by atoms with E-state index >= 15 is 0 Å². The van der Waals surface area contributed by atoms with Crippen molar-refractivity contribution in [2.75, 3.05) is 6.54 Å². The first kappa shape index (κ1) is 13.6. The largest absolute Gasteiger partial charge is 0.457 e. The van der Waals surface area contributed by atoms with Crippen LogP contribution in [0, 0.1) is 13.8 Å². The average molecular weight is 255 g/mol. The van der Waals surface area contributed by atoms with Gasteiger partial charge in [-0.2, -0.15) is 0 Å². The summed E-state index contributed by atoms with van der Waals surface area (Å²) in [6.07, 6.45) is 0. The zero-order chi connectivity index (χ0) is 13.7. The van der Waals surface area contributed by atoms with Crippen molar-refractivity contribution in [3.05, 3.63) is 59.2 Å². The molecule has 0 aliphatic rings. The van der Waals surface area contributed by atoms with Crippen molar-refractivity contribution in [2.45, 2.75) is 27.3 Å². The van der Waals surface area contributed by atoms with E-state index in [-0.39, 0.29) is 0 Å². The normalized spacial score (nSPS) is 10.5. The fourth-order valence-corrected chi connectivity index (χ4v) is 2.07. The van der Waals surface area contributed by atoms with Crippen LogP contribution in [-0.2, 0) is 6.54 Å². The first-order valence-corrected chi connectivity index (χ1v) is 6.73. The first-order valence-electron chi connectivity index (χ1n) is 6.73. The van der Waals surface area contributed by atoms with Gasteiger partial charge in [-0.15, -0.1) is 0 Å². The van der Waals surface area contributed by atoms with E-state index in [1.807, 2.05) is 12.1 Å². The van der Waals surface area contributed by atoms with Crippen LogP contribution in [-0.4, -0.2) is 6.54 Å². The van der Waals surface area contributed by atoms with E-state index in [2.05, 4.69) is 56.4 Å². The standard InChI is InChI=1S/C17H21NO/c1-4-18-12-15-5-7-16(8-6-15)19-17-10-13(2)9-14(3)11-17/h5-11,18H,4,12H2,1-3H3. The number of aryl methyl sites for hydroxylation is 2. The van der Waals surface area contributed by atoms with Gasteiger partial charge in [-0.05, 0) is 61.3 Å². The van der Waals surface area contributed by atoms with Gasteiger partial charge in [-0.1, -0.05) is 25.1 Å². The van der Waals surface area contributed by atoms with Crippen molar-refractivity contribution in [1.82, 2.24) is 5.32 Å². The van der Waals surface area contributed by atoms with E-state index < -0.39 is 0 Å². The Bertz CT molecular complexity index is 511. The minimum atomic E-state index is 0.880. The summed E-state index contributed by atoms with van der Waals surface area (Å²) in [6.45, 7) is 8.16. The quantitative estimate of drug-likeness (QED) is 0.864. The van der Waals surface area contributed by atoms with Gasteiger partial charge in [0.1, 0.15) is 11.5 Å². The second kappa shape index (κ2) is 6.39. The summed E-state index contributed by atoms with van der Waals surface area (Å²) < 4.78 is 5.88. The summed E-state index contributed by atoms with van der Waals surface area (Å²) in [5.74, 6) is 1.78. The zero-order valence-electron chi connectivity index (χ0n) is 11.9. The molecule has 2 rings (SSSR count). The van der Waals surface area contributed by atoms with E-state index in [9.17, 15) is 0 Å². The molecule has 1 N–H and O–H groups in total. The van der Waals surface area contributed by atoms with Gasteiger partial charge in [0.2, 0.25) is 0 Å². The van der Waals surface area contributed by atoms with Gasteiger partial charge in [0.25, 0.3) is 0 Å². The molecule has 0 aliphatic heterocycles. The molecule has 0 unspecified atom stereocenters. The highest BCUT2D eigenvalue weighted by Crippen LogP contribution is 2.24. The Morgan fingerprint density at radius 1 is 0.895 bits per heavy atom. The molecule has 19 heavy (non-hydrogen) atoms. The van der Waals surface area contributed by atoms with E-state index in [0.29, 0.717) is 0 Å². The van der Waals surface area contributed by atoms with Gasteiger partial charge in [0.05, 0.1) is 0 Å². The van der Waals surface area contributed by atoms with Crippen molar-refractivity contribution < 1.29 is 4.74 Å². The fourth-order valence-electron chi connectivity index (χ4n) is 2.07. The second-order valence-electron chi connectivity index (χ2n) is 4.85. The highest BCUT2D eigenvalue weighted by Gasteiger charge is 2.00. The lowest BCUT2D eigenvalue weighted by Gasteiger charge is -2.09. The van der Waals surface area contributed by atoms with Gasteiger partial charge < -0.3 is 10.1 Å². The van der Waals surface area contributed by atoms with E-state index in [1.165, 1.54) is 16.7 Å². The molecule has 0 saturated carbocycles. The second-order valence-corrected chi connectivity index (χ2v) is 4.85. The molecule has 2 aromatic rings. The molecule has 0 radical (unpaired) electrons. The Kier molecular flexibility index (Phi) is 4.58. The molecule has 0 bridgehead atoms. The lowest BCUT2D eigenvalue weighted by molar-refractivity contribution is 0.481. The van der Waals surface area contributed by atoms with Crippen molar-refractivity contribution in [3.63, 3.8) is 0 Å². The number of benzene rings is 2. The predicted octanol–water partition coefficient (Wildman–Crippen LogP) is 4.21. The fraction of sp³-hybridized carbons (Fsp3) is 0.294. The van der Waals surface area contributed by atoms with Gasteiger partial charge >= 0.3 is 0 Å². The van der Waals surface area contributed by atoms with Crippen LogP contribution in [0.2, 0.25) is 0 Å². The van der Waals surface area contributed by atoms with Crippen LogP contribution in [0.25, 0.3) is 0 Å². The van der Waals surface area contributed by atoms with Gasteiger partial charge in [-0.25, -0.2) is 0 Å². The Hall–Kier alpha value is -1.80. The molecule has 2 heteroatoms. The lowest BCUT2D eigenvalue weighted by atomic mass is 10.1. The maximum atomic E-state index is 5.88. The van der Waals surface area contributed by atoms with Crippen molar-refractivity contribution in [1.29, 1.82) is 0 Å². The summed E-state index contributed by atoms with van der Waals surface area (Å²) in [4.78, 5) is 0. The number of rotatable bonds is 5. The van der Waals surface area contributed by atoms with Crippen LogP contribution >= 0.6 is 0 Å². The van der Waals surface area contributed by atoms with Crippen LogP contribution in [0.1, 0.15) is 23.6 Å². The third kappa shape index (κ3) is 4.11. The number of ether oxygens (including phenoxy) is 1. The average Bonchev–Trinajstić information content (AvgIpc) is 2.37. The van der Waals surface area contributed by atoms with Crippen molar-refractivity contribution in [3.8, 4) is 11.5 Å². The molecular weight excluding hydrogens is 234 g/mol. The van der Waals surface area contributed by atoms with E-state index in [1.54, 1.807) is 0 Å². The van der Waals surface area contributed by atoms with Crippen LogP contribution in [0.15, 0.2) is 42.5 Å². The Balaban J connectivity index is 2.06. The van der Waals surface area contributed by atoms with Crippen LogP contribution in [0.5, 0.6) is 11.5 Å². The highest BCUT2D eigenvalue weighted by atomic mass is 16.5. The van der Waals surface area contributed by atoms with Crippen molar-refractivity contribution in [2.24, 2.45) is 0 Å². The summed E-state index contributed by atoms with van der Waals surface area (Å²) in [7, 11) is 0. The topological polar surface area (TPSA) is 21.3 Å². The Morgan fingerprint density at radius 3 is 2.11 bits per heavy atom. The predicted molar refractivity (Wildman–Crippen MR) is 79.8 cm³/mol. The summed E-state index contributed by atoms with van der Waals surface area (Å²) in [5.41, 5.74) is 3.71. The summed E-state index contributed by atoms with van der Waals surface area (Å²) in [6, 6.07) is 14.5. The monoisotopic (exact) mass is 255 g/mol. The van der Waals surface area contributed by atoms with Gasteiger partial charge in [0, 0.05) is 6.54 Å². The Labute approximate surface area is 115 Å². The molecule has 2 nitrogen and oxygen atoms in total. The molecule has 2 aromatic carbocycles. The third-order valence-electron chi connectivity index (χ3n) is 2.93. The number of hydrogen-bond donors (Lipinski definition) is 1. The third-order valence-corrected chi connectivity index (χ3v) is 2.93. The molecule has 0 aliphatic carbocycles. The molecule has 0 fully saturated rings. The molecule has 0 amide bonds. The van der Waals surface area contributed by atoms with Gasteiger partial charge in [-0.3, -0.25) is 0 Å². The Morgan fingerprint density at radius 2 is 1.53 bits per heavy atom. The summed E-state index contributed by atoms with van der Waals surface area (Å²) >= 11 is 0. The van der Waals surface area contributed by atoms with Crippen LogP contribution in [0.4, 0.5) is 0 Å². The molecule has 0 atom stereocenters. The lowest BCUT2D eigenvalue weighted by Crippen LogP contribution is -2.11. The van der Waals surface area contributed by atoms with Crippen molar-refractivity contribution >= 4 is 0 Å². The van der Waals surface area contributed by atoms with Crippen LogP contribution in [0.3, 0.4) is 0 Å².